The third kappa shape index (κ3) is 5.82. The van der Waals surface area contributed by atoms with Crippen molar-refractivity contribution in [3.8, 4) is 0 Å². The van der Waals surface area contributed by atoms with Crippen LogP contribution in [0, 0.1) is 0 Å². The zero-order chi connectivity index (χ0) is 23.9. The Hall–Kier alpha value is -3.40. The van der Waals surface area contributed by atoms with Crippen LogP contribution in [0.25, 0.3) is 0 Å². The van der Waals surface area contributed by atoms with Gasteiger partial charge in [-0.25, -0.2) is 0 Å². The molecule has 0 amide bonds. The second-order valence-electron chi connectivity index (χ2n) is 9.20. The summed E-state index contributed by atoms with van der Waals surface area (Å²) in [5, 5.41) is 0. The molecule has 0 aromatic heterocycles. The molecular formula is C32H34N2O. The van der Waals surface area contributed by atoms with Gasteiger partial charge in [0.2, 0.25) is 0 Å². The predicted molar refractivity (Wildman–Crippen MR) is 145 cm³/mol. The molecule has 1 heterocycles. The lowest BCUT2D eigenvalue weighted by molar-refractivity contribution is -0.0895. The van der Waals surface area contributed by atoms with Crippen LogP contribution in [-0.4, -0.2) is 37.3 Å². The van der Waals surface area contributed by atoms with E-state index >= 15 is 0 Å². The van der Waals surface area contributed by atoms with Gasteiger partial charge in [0, 0.05) is 18.8 Å². The largest absolute Gasteiger partial charge is 0.366 e. The molecule has 178 valence electrons. The van der Waals surface area contributed by atoms with Crippen LogP contribution in [0.3, 0.4) is 0 Å². The van der Waals surface area contributed by atoms with Crippen LogP contribution in [0.15, 0.2) is 115 Å². The molecule has 4 aromatic carbocycles. The number of likely N-dealkylation sites (N-methyl/N-ethyl adjacent to an activating group) is 1. The van der Waals surface area contributed by atoms with Gasteiger partial charge in [0.25, 0.3) is 0 Å². The van der Waals surface area contributed by atoms with Crippen LogP contribution in [0.5, 0.6) is 0 Å². The fourth-order valence-electron chi connectivity index (χ4n) is 4.93. The highest BCUT2D eigenvalue weighted by Crippen LogP contribution is 2.30. The monoisotopic (exact) mass is 462 g/mol. The predicted octanol–water partition coefficient (Wildman–Crippen LogP) is 6.55. The third-order valence-corrected chi connectivity index (χ3v) is 6.90. The zero-order valence-corrected chi connectivity index (χ0v) is 20.5. The van der Waals surface area contributed by atoms with Crippen molar-refractivity contribution in [2.45, 2.75) is 25.7 Å². The van der Waals surface area contributed by atoms with Crippen molar-refractivity contribution in [2.24, 2.45) is 0 Å². The van der Waals surface area contributed by atoms with E-state index in [1.807, 2.05) is 0 Å². The van der Waals surface area contributed by atoms with Crippen molar-refractivity contribution in [1.82, 2.24) is 4.90 Å². The molecule has 0 radical (unpaired) electrons. The van der Waals surface area contributed by atoms with Gasteiger partial charge in [-0.05, 0) is 47.4 Å². The molecule has 0 saturated carbocycles. The molecule has 1 fully saturated rings. The maximum atomic E-state index is 6.91. The lowest BCUT2D eigenvalue weighted by Crippen LogP contribution is -2.54. The minimum absolute atomic E-state index is 0.0168. The van der Waals surface area contributed by atoms with Gasteiger partial charge >= 0.3 is 0 Å². The number of hydrogen-bond donors (Lipinski definition) is 0. The molecule has 3 nitrogen and oxygen atoms in total. The van der Waals surface area contributed by atoms with Crippen LogP contribution in [0.2, 0.25) is 0 Å². The van der Waals surface area contributed by atoms with E-state index < -0.39 is 0 Å². The van der Waals surface area contributed by atoms with Crippen molar-refractivity contribution in [2.75, 3.05) is 31.1 Å². The molecule has 1 aliphatic rings. The first-order valence-electron chi connectivity index (χ1n) is 12.7. The summed E-state index contributed by atoms with van der Waals surface area (Å²) in [4.78, 5) is 4.93. The number of hydrogen-bond acceptors (Lipinski definition) is 3. The van der Waals surface area contributed by atoms with Crippen LogP contribution in [0.4, 0.5) is 5.69 Å². The highest BCUT2D eigenvalue weighted by atomic mass is 16.5. The first kappa shape index (κ1) is 23.3. The molecule has 0 aliphatic carbocycles. The fourth-order valence-corrected chi connectivity index (χ4v) is 4.93. The number of ether oxygens (including phenoxy) is 1. The molecular weight excluding hydrogens is 428 g/mol. The summed E-state index contributed by atoms with van der Waals surface area (Å²) in [5.41, 5.74) is 6.34. The van der Waals surface area contributed by atoms with Gasteiger partial charge in [0.15, 0.2) is 0 Å². The van der Waals surface area contributed by atoms with Gasteiger partial charge in [-0.2, -0.15) is 0 Å². The summed E-state index contributed by atoms with van der Waals surface area (Å²) in [6.07, 6.45) is 0.888. The minimum Gasteiger partial charge on any atom is -0.366 e. The molecule has 1 aliphatic heterocycles. The SMILES string of the molecule is CCN1CCN(c2ccc(Cc3ccccc3)cc2)CC1OC(c1ccccc1)c1ccccc1. The molecule has 35 heavy (non-hydrogen) atoms. The van der Waals surface area contributed by atoms with Crippen molar-refractivity contribution >= 4 is 5.69 Å². The van der Waals surface area contributed by atoms with Crippen LogP contribution >= 0.6 is 0 Å². The zero-order valence-electron chi connectivity index (χ0n) is 20.5. The molecule has 1 atom stereocenters. The van der Waals surface area contributed by atoms with E-state index in [2.05, 4.69) is 132 Å². The van der Waals surface area contributed by atoms with E-state index in [0.717, 1.165) is 32.6 Å². The molecule has 3 heteroatoms. The van der Waals surface area contributed by atoms with Crippen molar-refractivity contribution < 1.29 is 4.74 Å². The minimum atomic E-state index is -0.0929. The van der Waals surface area contributed by atoms with E-state index in [1.165, 1.54) is 27.9 Å². The Morgan fingerprint density at radius 3 is 1.80 bits per heavy atom. The van der Waals surface area contributed by atoms with Gasteiger partial charge in [-0.3, -0.25) is 4.90 Å². The van der Waals surface area contributed by atoms with Gasteiger partial charge in [0.1, 0.15) is 12.3 Å². The summed E-state index contributed by atoms with van der Waals surface area (Å²) in [6, 6.07) is 40.9. The second-order valence-corrected chi connectivity index (χ2v) is 9.20. The highest BCUT2D eigenvalue weighted by molar-refractivity contribution is 5.49. The van der Waals surface area contributed by atoms with E-state index in [0.29, 0.717) is 0 Å². The number of piperazine rings is 1. The number of rotatable bonds is 8. The van der Waals surface area contributed by atoms with Crippen LogP contribution in [-0.2, 0) is 11.2 Å². The average molecular weight is 463 g/mol. The summed E-state index contributed by atoms with van der Waals surface area (Å²) < 4.78 is 6.91. The Morgan fingerprint density at radius 1 is 0.686 bits per heavy atom. The molecule has 1 unspecified atom stereocenters. The number of benzene rings is 4. The number of anilines is 1. The Labute approximate surface area is 209 Å². The molecule has 0 spiro atoms. The molecule has 1 saturated heterocycles. The standard InChI is InChI=1S/C32H34N2O/c1-2-33-22-23-34(30-20-18-27(19-21-30)24-26-12-6-3-7-13-26)25-31(33)35-32(28-14-8-4-9-15-28)29-16-10-5-11-17-29/h3-21,31-32H,2,22-25H2,1H3. The highest BCUT2D eigenvalue weighted by Gasteiger charge is 2.30. The maximum Gasteiger partial charge on any atom is 0.129 e. The Balaban J connectivity index is 1.33. The molecule has 5 rings (SSSR count). The average Bonchev–Trinajstić information content (AvgIpc) is 2.93. The van der Waals surface area contributed by atoms with E-state index in [4.69, 9.17) is 4.74 Å². The van der Waals surface area contributed by atoms with E-state index in [9.17, 15) is 0 Å². The Kier molecular flexibility index (Phi) is 7.57. The number of nitrogens with zero attached hydrogens (tertiary/aromatic N) is 2. The topological polar surface area (TPSA) is 15.7 Å². The third-order valence-electron chi connectivity index (χ3n) is 6.90. The summed E-state index contributed by atoms with van der Waals surface area (Å²) >= 11 is 0. The van der Waals surface area contributed by atoms with Crippen LogP contribution in [0.1, 0.15) is 35.3 Å². The van der Waals surface area contributed by atoms with Gasteiger partial charge < -0.3 is 9.64 Å². The van der Waals surface area contributed by atoms with Gasteiger partial charge in [-0.15, -0.1) is 0 Å². The quantitative estimate of drug-likeness (QED) is 0.295. The van der Waals surface area contributed by atoms with Gasteiger partial charge in [-0.1, -0.05) is 110 Å². The summed E-state index contributed by atoms with van der Waals surface area (Å²) in [7, 11) is 0. The van der Waals surface area contributed by atoms with E-state index in [-0.39, 0.29) is 12.3 Å². The Bertz CT molecular complexity index is 1120. The molecule has 0 N–H and O–H groups in total. The van der Waals surface area contributed by atoms with Crippen molar-refractivity contribution in [3.63, 3.8) is 0 Å². The lowest BCUT2D eigenvalue weighted by Gasteiger charge is -2.43. The smallest absolute Gasteiger partial charge is 0.129 e. The fraction of sp³-hybridized carbons (Fsp3) is 0.250. The first-order chi connectivity index (χ1) is 17.3. The van der Waals surface area contributed by atoms with Crippen molar-refractivity contribution in [3.05, 3.63) is 138 Å². The van der Waals surface area contributed by atoms with Gasteiger partial charge in [0.05, 0.1) is 6.54 Å². The molecule has 0 bridgehead atoms. The maximum absolute atomic E-state index is 6.91. The van der Waals surface area contributed by atoms with E-state index in [1.54, 1.807) is 0 Å². The summed E-state index contributed by atoms with van der Waals surface area (Å²) in [5.74, 6) is 0. The second kappa shape index (κ2) is 11.4. The van der Waals surface area contributed by atoms with Crippen molar-refractivity contribution in [1.29, 1.82) is 0 Å². The normalized spacial score (nSPS) is 16.5. The Morgan fingerprint density at radius 2 is 1.23 bits per heavy atom. The lowest BCUT2D eigenvalue weighted by atomic mass is 10.0. The first-order valence-corrected chi connectivity index (χ1v) is 12.7. The molecule has 4 aromatic rings. The summed E-state index contributed by atoms with van der Waals surface area (Å²) in [6.45, 7) is 6.05. The van der Waals surface area contributed by atoms with Crippen LogP contribution < -0.4 is 4.90 Å².